The highest BCUT2D eigenvalue weighted by molar-refractivity contribution is 5.57. The Morgan fingerprint density at radius 2 is 1.96 bits per heavy atom. The highest BCUT2D eigenvalue weighted by Gasteiger charge is 2.10. The Morgan fingerprint density at radius 1 is 1.13 bits per heavy atom. The Labute approximate surface area is 134 Å². The van der Waals surface area contributed by atoms with Gasteiger partial charge in [-0.2, -0.15) is 9.97 Å². The fourth-order valence-electron chi connectivity index (χ4n) is 2.28. The van der Waals surface area contributed by atoms with Crippen molar-refractivity contribution in [3.63, 3.8) is 0 Å². The molecule has 122 valence electrons. The lowest BCUT2D eigenvalue weighted by Crippen LogP contribution is -2.39. The molecule has 0 aromatic carbocycles. The molecule has 1 aliphatic heterocycles. The van der Waals surface area contributed by atoms with Crippen molar-refractivity contribution in [3.8, 4) is 0 Å². The third-order valence-electron chi connectivity index (χ3n) is 3.40. The number of nitrogens with one attached hydrogen (secondary N) is 2. The second kappa shape index (κ2) is 7.65. The van der Waals surface area contributed by atoms with E-state index in [2.05, 4.69) is 35.5 Å². The molecule has 2 aromatic rings. The quantitative estimate of drug-likeness (QED) is 0.693. The molecule has 0 amide bonds. The first-order chi connectivity index (χ1) is 11.3. The van der Waals surface area contributed by atoms with Crippen molar-refractivity contribution in [2.75, 3.05) is 55.8 Å². The molecule has 4 N–H and O–H groups in total. The maximum absolute atomic E-state index is 5.76. The fraction of sp³-hybridized carbons (Fsp3) is 0.429. The minimum Gasteiger partial charge on any atom is -0.379 e. The van der Waals surface area contributed by atoms with Crippen LogP contribution in [0.25, 0.3) is 0 Å². The number of rotatable bonds is 6. The maximum atomic E-state index is 5.76. The summed E-state index contributed by atoms with van der Waals surface area (Å²) in [6.45, 7) is 5.24. The molecule has 2 aromatic heterocycles. The van der Waals surface area contributed by atoms with Gasteiger partial charge in [-0.25, -0.2) is 4.98 Å². The average molecular weight is 316 g/mol. The van der Waals surface area contributed by atoms with Crippen LogP contribution in [-0.4, -0.2) is 64.2 Å². The van der Waals surface area contributed by atoms with Crippen LogP contribution in [0, 0.1) is 0 Å². The summed E-state index contributed by atoms with van der Waals surface area (Å²) in [5, 5.41) is 6.32. The van der Waals surface area contributed by atoms with Crippen LogP contribution in [0.3, 0.4) is 0 Å². The van der Waals surface area contributed by atoms with Gasteiger partial charge in [0.1, 0.15) is 17.5 Å². The van der Waals surface area contributed by atoms with Crippen molar-refractivity contribution in [2.24, 2.45) is 0 Å². The number of hydrogen-bond donors (Lipinski definition) is 3. The Balaban J connectivity index is 1.56. The molecule has 9 nitrogen and oxygen atoms in total. The van der Waals surface area contributed by atoms with E-state index in [0.717, 1.165) is 39.4 Å². The molecule has 1 saturated heterocycles. The van der Waals surface area contributed by atoms with Gasteiger partial charge in [0.25, 0.3) is 0 Å². The molecule has 0 spiro atoms. The summed E-state index contributed by atoms with van der Waals surface area (Å²) in [7, 11) is 0. The van der Waals surface area contributed by atoms with Crippen LogP contribution in [0.4, 0.5) is 23.4 Å². The normalized spacial score (nSPS) is 15.3. The summed E-state index contributed by atoms with van der Waals surface area (Å²) in [6.07, 6.45) is 4.83. The van der Waals surface area contributed by atoms with E-state index in [1.807, 2.05) is 0 Å². The zero-order valence-electron chi connectivity index (χ0n) is 12.8. The molecule has 0 radical (unpaired) electrons. The van der Waals surface area contributed by atoms with Crippen molar-refractivity contribution >= 4 is 23.4 Å². The van der Waals surface area contributed by atoms with Gasteiger partial charge in [-0.15, -0.1) is 0 Å². The molecular formula is C14H20N8O. The van der Waals surface area contributed by atoms with Crippen molar-refractivity contribution in [1.82, 2.24) is 24.8 Å². The first-order valence-corrected chi connectivity index (χ1v) is 7.51. The van der Waals surface area contributed by atoms with E-state index in [0.29, 0.717) is 17.5 Å². The summed E-state index contributed by atoms with van der Waals surface area (Å²) < 4.78 is 5.33. The van der Waals surface area contributed by atoms with E-state index in [4.69, 9.17) is 10.5 Å². The standard InChI is InChI=1S/C14H20N8O/c15-14-20-11(18-3-4-22-5-7-23-8-6-22)9-12(21-14)19-13-10-16-1-2-17-13/h1-2,9-10H,3-8H2,(H4,15,17,18,19,20,21). The van der Waals surface area contributed by atoms with Crippen molar-refractivity contribution in [3.05, 3.63) is 24.7 Å². The van der Waals surface area contributed by atoms with E-state index in [1.54, 1.807) is 24.7 Å². The molecule has 3 rings (SSSR count). The van der Waals surface area contributed by atoms with Crippen molar-refractivity contribution < 1.29 is 4.74 Å². The van der Waals surface area contributed by atoms with Crippen LogP contribution < -0.4 is 16.4 Å². The van der Waals surface area contributed by atoms with Gasteiger partial charge in [0.15, 0.2) is 0 Å². The Morgan fingerprint density at radius 3 is 2.74 bits per heavy atom. The second-order valence-corrected chi connectivity index (χ2v) is 5.09. The minimum atomic E-state index is 0.202. The van der Waals surface area contributed by atoms with Gasteiger partial charge in [-0.3, -0.25) is 9.88 Å². The SMILES string of the molecule is Nc1nc(NCCN2CCOCC2)cc(Nc2cnccn2)n1. The third kappa shape index (κ3) is 4.73. The number of hydrogen-bond acceptors (Lipinski definition) is 9. The predicted octanol–water partition coefficient (Wildman–Crippen LogP) is 0.336. The average Bonchev–Trinajstić information content (AvgIpc) is 2.56. The van der Waals surface area contributed by atoms with Crippen molar-refractivity contribution in [1.29, 1.82) is 0 Å². The van der Waals surface area contributed by atoms with Gasteiger partial charge < -0.3 is 21.1 Å². The zero-order chi connectivity index (χ0) is 15.9. The number of ether oxygens (including phenoxy) is 1. The van der Waals surface area contributed by atoms with E-state index < -0.39 is 0 Å². The van der Waals surface area contributed by atoms with E-state index in [1.165, 1.54) is 0 Å². The van der Waals surface area contributed by atoms with E-state index >= 15 is 0 Å². The topological polar surface area (TPSA) is 114 Å². The van der Waals surface area contributed by atoms with E-state index in [9.17, 15) is 0 Å². The summed E-state index contributed by atoms with van der Waals surface area (Å²) in [4.78, 5) is 18.8. The fourth-order valence-corrected chi connectivity index (χ4v) is 2.28. The Bertz CT molecular complexity index is 617. The first kappa shape index (κ1) is 15.4. The molecule has 0 atom stereocenters. The van der Waals surface area contributed by atoms with Crippen molar-refractivity contribution in [2.45, 2.75) is 0 Å². The Hall–Kier alpha value is -2.52. The number of nitrogen functional groups attached to an aromatic ring is 1. The van der Waals surface area contributed by atoms with Crippen LogP contribution in [0.1, 0.15) is 0 Å². The molecule has 0 aliphatic carbocycles. The van der Waals surface area contributed by atoms with Crippen LogP contribution in [0.2, 0.25) is 0 Å². The van der Waals surface area contributed by atoms with Crippen LogP contribution >= 0.6 is 0 Å². The molecule has 0 saturated carbocycles. The monoisotopic (exact) mass is 316 g/mol. The number of aromatic nitrogens is 4. The summed E-state index contributed by atoms with van der Waals surface area (Å²) in [6, 6.07) is 1.80. The smallest absolute Gasteiger partial charge is 0.223 e. The molecule has 0 bridgehead atoms. The van der Waals surface area contributed by atoms with Gasteiger partial charge in [0.2, 0.25) is 5.95 Å². The summed E-state index contributed by atoms with van der Waals surface area (Å²) >= 11 is 0. The molecule has 9 heteroatoms. The zero-order valence-corrected chi connectivity index (χ0v) is 12.8. The first-order valence-electron chi connectivity index (χ1n) is 7.51. The van der Waals surface area contributed by atoms with E-state index in [-0.39, 0.29) is 5.95 Å². The number of nitrogens with zero attached hydrogens (tertiary/aromatic N) is 5. The number of morpholine rings is 1. The van der Waals surface area contributed by atoms with Gasteiger partial charge in [0, 0.05) is 44.6 Å². The third-order valence-corrected chi connectivity index (χ3v) is 3.40. The minimum absolute atomic E-state index is 0.202. The molecule has 3 heterocycles. The summed E-state index contributed by atoms with van der Waals surface area (Å²) in [5.74, 6) is 2.06. The van der Waals surface area contributed by atoms with Gasteiger partial charge in [0.05, 0.1) is 19.4 Å². The lowest BCUT2D eigenvalue weighted by Gasteiger charge is -2.26. The Kier molecular flexibility index (Phi) is 5.12. The highest BCUT2D eigenvalue weighted by Crippen LogP contribution is 2.15. The largest absolute Gasteiger partial charge is 0.379 e. The molecule has 1 aliphatic rings. The number of anilines is 4. The van der Waals surface area contributed by atoms with Gasteiger partial charge in [-0.1, -0.05) is 0 Å². The lowest BCUT2D eigenvalue weighted by molar-refractivity contribution is 0.0398. The van der Waals surface area contributed by atoms with Gasteiger partial charge >= 0.3 is 0 Å². The molecule has 1 fully saturated rings. The molecule has 23 heavy (non-hydrogen) atoms. The number of nitrogens with two attached hydrogens (primary N) is 1. The highest BCUT2D eigenvalue weighted by atomic mass is 16.5. The maximum Gasteiger partial charge on any atom is 0.223 e. The van der Waals surface area contributed by atoms with Crippen LogP contribution in [0.15, 0.2) is 24.7 Å². The van der Waals surface area contributed by atoms with Crippen LogP contribution in [0.5, 0.6) is 0 Å². The van der Waals surface area contributed by atoms with Crippen LogP contribution in [-0.2, 0) is 4.74 Å². The summed E-state index contributed by atoms with van der Waals surface area (Å²) in [5.41, 5.74) is 5.76. The predicted molar refractivity (Wildman–Crippen MR) is 87.5 cm³/mol. The molecular weight excluding hydrogens is 296 g/mol. The van der Waals surface area contributed by atoms with Gasteiger partial charge in [-0.05, 0) is 0 Å². The lowest BCUT2D eigenvalue weighted by atomic mass is 10.4. The second-order valence-electron chi connectivity index (χ2n) is 5.09. The molecule has 0 unspecified atom stereocenters.